The molecule has 0 radical (unpaired) electrons. The van der Waals surface area contributed by atoms with E-state index in [1.807, 2.05) is 61.5 Å². The lowest BCUT2D eigenvalue weighted by atomic mass is 10.1. The van der Waals surface area contributed by atoms with Crippen LogP contribution in [-0.4, -0.2) is 26.6 Å². The number of hydrogen-bond donors (Lipinski definition) is 1. The van der Waals surface area contributed by atoms with Crippen LogP contribution < -0.4 is 5.43 Å². The second-order valence-corrected chi connectivity index (χ2v) is 5.36. The van der Waals surface area contributed by atoms with Gasteiger partial charge in [-0.2, -0.15) is 5.10 Å². The fourth-order valence-corrected chi connectivity index (χ4v) is 2.45. The highest BCUT2D eigenvalue weighted by Crippen LogP contribution is 2.10. The van der Waals surface area contributed by atoms with Crippen LogP contribution >= 0.6 is 0 Å². The van der Waals surface area contributed by atoms with E-state index in [4.69, 9.17) is 0 Å². The molecule has 0 atom stereocenters. The number of para-hydroxylation sites is 1. The summed E-state index contributed by atoms with van der Waals surface area (Å²) in [5.41, 5.74) is 6.25. The van der Waals surface area contributed by atoms with Gasteiger partial charge in [-0.1, -0.05) is 54.6 Å². The number of nitrogens with one attached hydrogen (secondary N) is 1. The maximum atomic E-state index is 12.0. The predicted octanol–water partition coefficient (Wildman–Crippen LogP) is 2.75. The third kappa shape index (κ3) is 3.65. The quantitative estimate of drug-likeness (QED) is 0.560. The summed E-state index contributed by atoms with van der Waals surface area (Å²) in [7, 11) is 0. The van der Waals surface area contributed by atoms with Crippen molar-refractivity contribution in [3.05, 3.63) is 60.2 Å². The number of fused-ring (bicyclic) bond motifs is 1. The smallest absolute Gasteiger partial charge is 0.241 e. The summed E-state index contributed by atoms with van der Waals surface area (Å²) < 4.78 is 1.73. The molecule has 24 heavy (non-hydrogen) atoms. The van der Waals surface area contributed by atoms with Gasteiger partial charge in [0.15, 0.2) is 0 Å². The number of carbonyl (C=O) groups excluding carboxylic acids is 1. The van der Waals surface area contributed by atoms with Gasteiger partial charge in [-0.05, 0) is 24.1 Å². The van der Waals surface area contributed by atoms with Crippen LogP contribution in [-0.2, 0) is 11.3 Å². The fourth-order valence-electron chi connectivity index (χ4n) is 2.45. The minimum absolute atomic E-state index is 0.142. The first-order valence-electron chi connectivity index (χ1n) is 7.97. The van der Waals surface area contributed by atoms with Crippen LogP contribution in [0, 0.1) is 0 Å². The number of hydrazone groups is 1. The molecule has 0 aliphatic carbocycles. The fraction of sp³-hybridized carbons (Fsp3) is 0.222. The van der Waals surface area contributed by atoms with Crippen molar-refractivity contribution in [1.82, 2.24) is 20.4 Å². The molecule has 1 N–H and O–H groups in total. The van der Waals surface area contributed by atoms with Gasteiger partial charge in [0.05, 0.1) is 17.8 Å². The van der Waals surface area contributed by atoms with Crippen molar-refractivity contribution >= 4 is 22.7 Å². The molecular weight excluding hydrogens is 302 g/mol. The Bertz CT molecular complexity index is 854. The Morgan fingerprint density at radius 3 is 2.67 bits per heavy atom. The van der Waals surface area contributed by atoms with Crippen LogP contribution in [0.2, 0.25) is 0 Å². The minimum atomic E-state index is -0.142. The number of hydrogen-bond acceptors (Lipinski definition) is 4. The Kier molecular flexibility index (Phi) is 4.96. The van der Waals surface area contributed by atoms with Crippen molar-refractivity contribution in [3.8, 4) is 0 Å². The molecule has 3 rings (SSSR count). The molecule has 0 saturated carbocycles. The van der Waals surface area contributed by atoms with Crippen LogP contribution in [0.5, 0.6) is 0 Å². The third-order valence-electron chi connectivity index (χ3n) is 3.73. The van der Waals surface area contributed by atoms with Crippen LogP contribution in [0.4, 0.5) is 0 Å². The molecule has 6 heteroatoms. The lowest BCUT2D eigenvalue weighted by Gasteiger charge is -2.05. The van der Waals surface area contributed by atoms with Gasteiger partial charge >= 0.3 is 0 Å². The van der Waals surface area contributed by atoms with Crippen molar-refractivity contribution in [2.24, 2.45) is 5.10 Å². The van der Waals surface area contributed by atoms with E-state index in [1.165, 1.54) is 0 Å². The van der Waals surface area contributed by atoms with Crippen molar-refractivity contribution < 1.29 is 4.79 Å². The average molecular weight is 321 g/mol. The first kappa shape index (κ1) is 15.9. The van der Waals surface area contributed by atoms with Crippen molar-refractivity contribution in [2.75, 3.05) is 0 Å². The maximum absolute atomic E-state index is 12.0. The standard InChI is InChI=1S/C18H19N5O/c1-2-15(14-8-4-3-5-9-14)19-21-18(24)12-13-23-17-11-7-6-10-16(17)20-22-23/h3-11H,2,12-13H2,1H3,(H,21,24)/b19-15+. The van der Waals surface area contributed by atoms with Crippen LogP contribution in [0.25, 0.3) is 11.0 Å². The summed E-state index contributed by atoms with van der Waals surface area (Å²) in [6, 6.07) is 17.5. The predicted molar refractivity (Wildman–Crippen MR) is 93.6 cm³/mol. The molecule has 122 valence electrons. The topological polar surface area (TPSA) is 72.2 Å². The summed E-state index contributed by atoms with van der Waals surface area (Å²) in [4.78, 5) is 12.0. The number of rotatable bonds is 6. The first-order chi connectivity index (χ1) is 11.8. The van der Waals surface area contributed by atoms with E-state index in [1.54, 1.807) is 4.68 Å². The van der Waals surface area contributed by atoms with E-state index in [0.717, 1.165) is 28.7 Å². The van der Waals surface area contributed by atoms with E-state index >= 15 is 0 Å². The second-order valence-electron chi connectivity index (χ2n) is 5.36. The Morgan fingerprint density at radius 2 is 1.88 bits per heavy atom. The maximum Gasteiger partial charge on any atom is 0.241 e. The van der Waals surface area contributed by atoms with Gasteiger partial charge in [0.25, 0.3) is 0 Å². The molecule has 0 spiro atoms. The van der Waals surface area contributed by atoms with Crippen molar-refractivity contribution in [1.29, 1.82) is 0 Å². The van der Waals surface area contributed by atoms with Gasteiger partial charge in [-0.15, -0.1) is 5.10 Å². The zero-order chi connectivity index (χ0) is 16.8. The largest absolute Gasteiger partial charge is 0.273 e. The van der Waals surface area contributed by atoms with E-state index in [-0.39, 0.29) is 5.91 Å². The molecule has 0 aliphatic heterocycles. The number of amides is 1. The molecule has 0 unspecified atom stereocenters. The van der Waals surface area contributed by atoms with Gasteiger partial charge in [0.2, 0.25) is 5.91 Å². The average Bonchev–Trinajstić information content (AvgIpc) is 3.04. The molecule has 6 nitrogen and oxygen atoms in total. The number of benzene rings is 2. The Hall–Kier alpha value is -3.02. The molecule has 3 aromatic rings. The third-order valence-corrected chi connectivity index (χ3v) is 3.73. The van der Waals surface area contributed by atoms with E-state index < -0.39 is 0 Å². The van der Waals surface area contributed by atoms with Gasteiger partial charge in [-0.3, -0.25) is 4.79 Å². The Morgan fingerprint density at radius 1 is 1.12 bits per heavy atom. The summed E-state index contributed by atoms with van der Waals surface area (Å²) in [6.45, 7) is 2.48. The molecular formula is C18H19N5O. The molecule has 0 bridgehead atoms. The SMILES string of the molecule is CC/C(=N\NC(=O)CCn1nnc2ccccc21)c1ccccc1. The molecule has 1 heterocycles. The molecule has 0 saturated heterocycles. The minimum Gasteiger partial charge on any atom is -0.273 e. The van der Waals surface area contributed by atoms with Crippen LogP contribution in [0.15, 0.2) is 59.7 Å². The number of carbonyl (C=O) groups is 1. The zero-order valence-electron chi connectivity index (χ0n) is 13.5. The normalized spacial score (nSPS) is 11.6. The molecule has 0 aliphatic rings. The molecule has 1 aromatic heterocycles. The zero-order valence-corrected chi connectivity index (χ0v) is 13.5. The highest BCUT2D eigenvalue weighted by molar-refractivity contribution is 6.00. The molecule has 1 amide bonds. The van der Waals surface area contributed by atoms with E-state index in [9.17, 15) is 4.79 Å². The summed E-state index contributed by atoms with van der Waals surface area (Å²) in [6.07, 6.45) is 1.04. The van der Waals surface area contributed by atoms with Gasteiger partial charge in [-0.25, -0.2) is 10.1 Å². The highest BCUT2D eigenvalue weighted by Gasteiger charge is 2.07. The number of nitrogens with zero attached hydrogens (tertiary/aromatic N) is 4. The van der Waals surface area contributed by atoms with Gasteiger partial charge in [0.1, 0.15) is 5.52 Å². The molecule has 0 fully saturated rings. The Balaban J connectivity index is 1.60. The Labute approximate surface area is 140 Å². The van der Waals surface area contributed by atoms with Gasteiger partial charge < -0.3 is 0 Å². The van der Waals surface area contributed by atoms with Crippen molar-refractivity contribution in [3.63, 3.8) is 0 Å². The van der Waals surface area contributed by atoms with Crippen LogP contribution in [0.3, 0.4) is 0 Å². The van der Waals surface area contributed by atoms with E-state index in [2.05, 4.69) is 20.8 Å². The lowest BCUT2D eigenvalue weighted by Crippen LogP contribution is -2.21. The van der Waals surface area contributed by atoms with E-state index in [0.29, 0.717) is 13.0 Å². The summed E-state index contributed by atoms with van der Waals surface area (Å²) in [5.74, 6) is -0.142. The van der Waals surface area contributed by atoms with Gasteiger partial charge in [0, 0.05) is 6.42 Å². The number of aromatic nitrogens is 3. The first-order valence-corrected chi connectivity index (χ1v) is 7.97. The van der Waals surface area contributed by atoms with Crippen molar-refractivity contribution in [2.45, 2.75) is 26.3 Å². The lowest BCUT2D eigenvalue weighted by molar-refractivity contribution is -0.121. The summed E-state index contributed by atoms with van der Waals surface area (Å²) in [5, 5.41) is 12.4. The number of aryl methyl sites for hydroxylation is 1. The second kappa shape index (κ2) is 7.50. The van der Waals surface area contributed by atoms with Crippen LogP contribution in [0.1, 0.15) is 25.3 Å². The monoisotopic (exact) mass is 321 g/mol. The molecule has 2 aromatic carbocycles. The summed E-state index contributed by atoms with van der Waals surface area (Å²) >= 11 is 0. The highest BCUT2D eigenvalue weighted by atomic mass is 16.2.